The van der Waals surface area contributed by atoms with E-state index in [1.54, 1.807) is 7.11 Å². The first-order valence-electron chi connectivity index (χ1n) is 10.5. The molecular formula is C23H31N3O2. The summed E-state index contributed by atoms with van der Waals surface area (Å²) in [4.78, 5) is 11.5. The molecule has 0 bridgehead atoms. The molecule has 5 heteroatoms. The number of fused-ring (bicyclic) bond motifs is 1. The van der Waals surface area contributed by atoms with Crippen LogP contribution < -0.4 is 4.74 Å². The number of nitrogens with zero attached hydrogens (tertiary/aromatic N) is 3. The van der Waals surface area contributed by atoms with Crippen molar-refractivity contribution >= 4 is 0 Å². The van der Waals surface area contributed by atoms with Gasteiger partial charge in [-0.1, -0.05) is 25.1 Å². The summed E-state index contributed by atoms with van der Waals surface area (Å²) in [6, 6.07) is 7.96. The van der Waals surface area contributed by atoms with Crippen LogP contribution in [0.2, 0.25) is 0 Å². The van der Waals surface area contributed by atoms with Gasteiger partial charge in [0.2, 0.25) is 0 Å². The number of aromatic nitrogens is 2. The van der Waals surface area contributed by atoms with E-state index in [9.17, 15) is 5.11 Å². The van der Waals surface area contributed by atoms with Crippen molar-refractivity contribution in [2.45, 2.75) is 51.2 Å². The molecule has 28 heavy (non-hydrogen) atoms. The van der Waals surface area contributed by atoms with Gasteiger partial charge in [-0.25, -0.2) is 9.97 Å². The van der Waals surface area contributed by atoms with Crippen molar-refractivity contribution in [2.24, 2.45) is 11.8 Å². The van der Waals surface area contributed by atoms with E-state index in [0.29, 0.717) is 5.92 Å². The van der Waals surface area contributed by atoms with Crippen LogP contribution in [-0.2, 0) is 18.6 Å². The minimum absolute atomic E-state index is 0.234. The molecule has 1 aromatic carbocycles. The molecule has 1 saturated carbocycles. The first-order valence-corrected chi connectivity index (χ1v) is 10.5. The average Bonchev–Trinajstić information content (AvgIpc) is 3.14. The zero-order chi connectivity index (χ0) is 19.6. The summed E-state index contributed by atoms with van der Waals surface area (Å²) >= 11 is 0. The second-order valence-electron chi connectivity index (χ2n) is 8.33. The summed E-state index contributed by atoms with van der Waals surface area (Å²) < 4.78 is 5.58. The Balaban J connectivity index is 1.51. The average molecular weight is 382 g/mol. The Kier molecular flexibility index (Phi) is 5.65. The Labute approximate surface area is 167 Å². The highest BCUT2D eigenvalue weighted by Gasteiger charge is 2.50. The van der Waals surface area contributed by atoms with Gasteiger partial charge in [-0.15, -0.1) is 0 Å². The molecule has 1 saturated heterocycles. The Morgan fingerprint density at radius 1 is 1.21 bits per heavy atom. The predicted octanol–water partition coefficient (Wildman–Crippen LogP) is 3.56. The molecule has 2 heterocycles. The quantitative estimate of drug-likeness (QED) is 0.829. The molecular weight excluding hydrogens is 350 g/mol. The molecule has 5 nitrogen and oxygen atoms in total. The largest absolute Gasteiger partial charge is 0.496 e. The molecule has 4 rings (SSSR count). The molecule has 1 aliphatic heterocycles. The minimum Gasteiger partial charge on any atom is -0.496 e. The van der Waals surface area contributed by atoms with E-state index in [1.807, 2.05) is 36.7 Å². The Hall–Kier alpha value is -1.98. The molecule has 1 aliphatic carbocycles. The summed E-state index contributed by atoms with van der Waals surface area (Å²) in [7, 11) is 1.69. The lowest BCUT2D eigenvalue weighted by molar-refractivity contribution is -0.0662. The number of methoxy groups -OCH3 is 1. The SMILES string of the molecule is CCCc1ncc(CN2C[C@@H]3CCC[C@@](O)(c4ccccc4OC)[C@@H]3C2)cn1. The van der Waals surface area contributed by atoms with Crippen molar-refractivity contribution in [1.82, 2.24) is 14.9 Å². The van der Waals surface area contributed by atoms with E-state index in [2.05, 4.69) is 21.8 Å². The summed E-state index contributed by atoms with van der Waals surface area (Å²) in [5.41, 5.74) is 1.28. The number of hydrogen-bond donors (Lipinski definition) is 1. The molecule has 0 unspecified atom stereocenters. The summed E-state index contributed by atoms with van der Waals surface area (Å²) in [6.45, 7) is 4.92. The Bertz CT molecular complexity index is 795. The molecule has 2 aromatic rings. The third kappa shape index (κ3) is 3.65. The summed E-state index contributed by atoms with van der Waals surface area (Å²) in [5, 5.41) is 11.8. The molecule has 0 amide bonds. The van der Waals surface area contributed by atoms with Gasteiger partial charge in [0, 0.05) is 55.5 Å². The lowest BCUT2D eigenvalue weighted by Crippen LogP contribution is -2.43. The predicted molar refractivity (Wildman–Crippen MR) is 109 cm³/mol. The summed E-state index contributed by atoms with van der Waals surface area (Å²) in [5.74, 6) is 2.47. The van der Waals surface area contributed by atoms with Crippen LogP contribution in [0.25, 0.3) is 0 Å². The minimum atomic E-state index is -0.814. The van der Waals surface area contributed by atoms with Crippen molar-refractivity contribution < 1.29 is 9.84 Å². The van der Waals surface area contributed by atoms with Crippen LogP contribution in [0, 0.1) is 11.8 Å². The maximum Gasteiger partial charge on any atom is 0.128 e. The molecule has 0 radical (unpaired) electrons. The fourth-order valence-electron chi connectivity index (χ4n) is 5.15. The van der Waals surface area contributed by atoms with Crippen molar-refractivity contribution in [3.8, 4) is 5.75 Å². The second-order valence-corrected chi connectivity index (χ2v) is 8.33. The molecule has 1 aromatic heterocycles. The van der Waals surface area contributed by atoms with Crippen LogP contribution in [0.4, 0.5) is 0 Å². The van der Waals surface area contributed by atoms with Crippen molar-refractivity contribution in [1.29, 1.82) is 0 Å². The lowest BCUT2D eigenvalue weighted by atomic mass is 9.67. The summed E-state index contributed by atoms with van der Waals surface area (Å²) in [6.07, 6.45) is 8.97. The number of ether oxygens (including phenoxy) is 1. The number of rotatable bonds is 6. The van der Waals surface area contributed by atoms with Gasteiger partial charge in [-0.3, -0.25) is 4.90 Å². The van der Waals surface area contributed by atoms with Crippen LogP contribution in [0.15, 0.2) is 36.7 Å². The number of para-hydroxylation sites is 1. The number of benzene rings is 1. The number of aliphatic hydroxyl groups is 1. The number of aryl methyl sites for hydroxylation is 1. The van der Waals surface area contributed by atoms with Crippen LogP contribution in [0.3, 0.4) is 0 Å². The van der Waals surface area contributed by atoms with Gasteiger partial charge < -0.3 is 9.84 Å². The zero-order valence-electron chi connectivity index (χ0n) is 17.0. The van der Waals surface area contributed by atoms with E-state index >= 15 is 0 Å². The van der Waals surface area contributed by atoms with Gasteiger partial charge in [0.05, 0.1) is 12.7 Å². The highest BCUT2D eigenvalue weighted by atomic mass is 16.5. The number of likely N-dealkylation sites (tertiary alicyclic amines) is 1. The van der Waals surface area contributed by atoms with E-state index < -0.39 is 5.60 Å². The zero-order valence-corrected chi connectivity index (χ0v) is 17.0. The van der Waals surface area contributed by atoms with Gasteiger partial charge in [0.15, 0.2) is 0 Å². The van der Waals surface area contributed by atoms with E-state index in [0.717, 1.165) is 68.0 Å². The van der Waals surface area contributed by atoms with Gasteiger partial charge in [0.25, 0.3) is 0 Å². The van der Waals surface area contributed by atoms with E-state index in [-0.39, 0.29) is 5.92 Å². The Morgan fingerprint density at radius 3 is 2.75 bits per heavy atom. The van der Waals surface area contributed by atoms with Gasteiger partial charge in [-0.2, -0.15) is 0 Å². The molecule has 2 aliphatic rings. The first kappa shape index (κ1) is 19.3. The van der Waals surface area contributed by atoms with Gasteiger partial charge in [0.1, 0.15) is 11.6 Å². The van der Waals surface area contributed by atoms with Crippen LogP contribution in [-0.4, -0.2) is 40.2 Å². The first-order chi connectivity index (χ1) is 13.6. The number of hydrogen-bond acceptors (Lipinski definition) is 5. The third-order valence-corrected chi connectivity index (χ3v) is 6.47. The Morgan fingerprint density at radius 2 is 2.00 bits per heavy atom. The maximum atomic E-state index is 11.8. The van der Waals surface area contributed by atoms with Crippen molar-refractivity contribution in [3.63, 3.8) is 0 Å². The monoisotopic (exact) mass is 381 g/mol. The van der Waals surface area contributed by atoms with E-state index in [4.69, 9.17) is 4.74 Å². The highest BCUT2D eigenvalue weighted by molar-refractivity contribution is 5.39. The van der Waals surface area contributed by atoms with Crippen LogP contribution >= 0.6 is 0 Å². The maximum absolute atomic E-state index is 11.8. The van der Waals surface area contributed by atoms with Crippen LogP contribution in [0.1, 0.15) is 49.6 Å². The third-order valence-electron chi connectivity index (χ3n) is 6.47. The highest BCUT2D eigenvalue weighted by Crippen LogP contribution is 2.50. The lowest BCUT2D eigenvalue weighted by Gasteiger charge is -2.42. The molecule has 1 N–H and O–H groups in total. The fourth-order valence-corrected chi connectivity index (χ4v) is 5.15. The standard InChI is InChI=1S/C23H31N3O2/c1-3-7-22-24-12-17(13-25-22)14-26-15-18-8-6-11-23(27,20(18)16-26)19-9-4-5-10-21(19)28-2/h4-5,9-10,12-13,18,20,27H,3,6-8,11,14-16H2,1-2H3/t18-,20+,23+/m0/s1. The topological polar surface area (TPSA) is 58.5 Å². The van der Waals surface area contributed by atoms with E-state index in [1.165, 1.54) is 6.42 Å². The molecule has 2 fully saturated rings. The fraction of sp³-hybridized carbons (Fsp3) is 0.565. The molecule has 150 valence electrons. The van der Waals surface area contributed by atoms with Crippen molar-refractivity contribution in [3.05, 3.63) is 53.6 Å². The normalized spacial score (nSPS) is 27.5. The molecule has 0 spiro atoms. The second kappa shape index (κ2) is 8.18. The van der Waals surface area contributed by atoms with Crippen molar-refractivity contribution in [2.75, 3.05) is 20.2 Å². The van der Waals surface area contributed by atoms with Gasteiger partial charge in [-0.05, 0) is 37.7 Å². The van der Waals surface area contributed by atoms with Gasteiger partial charge >= 0.3 is 0 Å². The van der Waals surface area contributed by atoms with Crippen LogP contribution in [0.5, 0.6) is 5.75 Å². The smallest absolute Gasteiger partial charge is 0.128 e. The molecule has 3 atom stereocenters.